The van der Waals surface area contributed by atoms with Crippen molar-refractivity contribution >= 4 is 11.8 Å². The second-order valence-corrected chi connectivity index (χ2v) is 3.98. The highest BCUT2D eigenvalue weighted by Crippen LogP contribution is 2.44. The molecule has 0 bridgehead atoms. The minimum atomic E-state index is -1.03. The standard InChI is InChI=1S/C12H9FN2O2/c13-9-3-1-8(2-4-9)10(16)15-11(17)12(7-14)5-6-12/h1-4H,5-6H2,(H,15,16,17). The fourth-order valence-corrected chi connectivity index (χ4v) is 1.41. The van der Waals surface area contributed by atoms with Gasteiger partial charge >= 0.3 is 0 Å². The van der Waals surface area contributed by atoms with Crippen molar-refractivity contribution in [1.82, 2.24) is 5.32 Å². The van der Waals surface area contributed by atoms with E-state index in [0.717, 1.165) is 12.1 Å². The fraction of sp³-hybridized carbons (Fsp3) is 0.250. The molecule has 17 heavy (non-hydrogen) atoms. The molecule has 4 nitrogen and oxygen atoms in total. The Morgan fingerprint density at radius 1 is 1.29 bits per heavy atom. The number of benzene rings is 1. The number of hydrogen-bond acceptors (Lipinski definition) is 3. The number of carbonyl (C=O) groups excluding carboxylic acids is 2. The van der Waals surface area contributed by atoms with Crippen LogP contribution in [0.1, 0.15) is 23.2 Å². The van der Waals surface area contributed by atoms with Crippen molar-refractivity contribution in [1.29, 1.82) is 5.26 Å². The van der Waals surface area contributed by atoms with Gasteiger partial charge < -0.3 is 0 Å². The largest absolute Gasteiger partial charge is 0.291 e. The Kier molecular flexibility index (Phi) is 2.64. The Labute approximate surface area is 97.0 Å². The molecule has 0 heterocycles. The molecule has 1 aromatic carbocycles. The van der Waals surface area contributed by atoms with Crippen molar-refractivity contribution < 1.29 is 14.0 Å². The summed E-state index contributed by atoms with van der Waals surface area (Å²) >= 11 is 0. The highest BCUT2D eigenvalue weighted by Gasteiger charge is 2.51. The fourth-order valence-electron chi connectivity index (χ4n) is 1.41. The van der Waals surface area contributed by atoms with Crippen LogP contribution in [0.15, 0.2) is 24.3 Å². The SMILES string of the molecule is N#CC1(C(=O)NC(=O)c2ccc(F)cc2)CC1. The normalized spacial score (nSPS) is 15.8. The summed E-state index contributed by atoms with van der Waals surface area (Å²) in [4.78, 5) is 23.2. The molecular formula is C12H9FN2O2. The first kappa shape index (κ1) is 11.3. The molecular weight excluding hydrogens is 223 g/mol. The summed E-state index contributed by atoms with van der Waals surface area (Å²) in [7, 11) is 0. The maximum Gasteiger partial charge on any atom is 0.257 e. The molecule has 1 saturated carbocycles. The van der Waals surface area contributed by atoms with Gasteiger partial charge in [0.05, 0.1) is 6.07 Å². The summed E-state index contributed by atoms with van der Waals surface area (Å²) in [6, 6.07) is 6.73. The molecule has 0 atom stereocenters. The van der Waals surface area contributed by atoms with Gasteiger partial charge in [0.15, 0.2) is 0 Å². The highest BCUT2D eigenvalue weighted by molar-refractivity contribution is 6.07. The summed E-state index contributed by atoms with van der Waals surface area (Å²) in [5.74, 6) is -1.64. The second kappa shape index (κ2) is 3.98. The van der Waals surface area contributed by atoms with Gasteiger partial charge in [0.1, 0.15) is 11.2 Å². The average molecular weight is 232 g/mol. The molecule has 5 heteroatoms. The average Bonchev–Trinajstić information content (AvgIpc) is 3.10. The summed E-state index contributed by atoms with van der Waals surface area (Å²) in [5.41, 5.74) is -0.844. The predicted molar refractivity (Wildman–Crippen MR) is 56.2 cm³/mol. The molecule has 86 valence electrons. The molecule has 0 saturated heterocycles. The van der Waals surface area contributed by atoms with Crippen molar-refractivity contribution in [3.05, 3.63) is 35.6 Å². The monoisotopic (exact) mass is 232 g/mol. The molecule has 2 rings (SSSR count). The Morgan fingerprint density at radius 2 is 1.88 bits per heavy atom. The molecule has 0 aliphatic heterocycles. The van der Waals surface area contributed by atoms with E-state index in [1.807, 2.05) is 6.07 Å². The Hall–Kier alpha value is -2.22. The zero-order valence-corrected chi connectivity index (χ0v) is 8.87. The van der Waals surface area contributed by atoms with Gasteiger partial charge in [-0.25, -0.2) is 4.39 Å². The van der Waals surface area contributed by atoms with Crippen LogP contribution in [-0.2, 0) is 4.79 Å². The first-order valence-corrected chi connectivity index (χ1v) is 5.10. The van der Waals surface area contributed by atoms with Crippen molar-refractivity contribution in [3.8, 4) is 6.07 Å². The molecule has 0 unspecified atom stereocenters. The van der Waals surface area contributed by atoms with E-state index in [4.69, 9.17) is 5.26 Å². The van der Waals surface area contributed by atoms with Crippen molar-refractivity contribution in [2.45, 2.75) is 12.8 Å². The quantitative estimate of drug-likeness (QED) is 0.783. The van der Waals surface area contributed by atoms with Crippen molar-refractivity contribution in [2.75, 3.05) is 0 Å². The van der Waals surface area contributed by atoms with Crippen LogP contribution in [0.2, 0.25) is 0 Å². The summed E-state index contributed by atoms with van der Waals surface area (Å²) < 4.78 is 12.6. The summed E-state index contributed by atoms with van der Waals surface area (Å²) in [6.07, 6.45) is 0.956. The highest BCUT2D eigenvalue weighted by atomic mass is 19.1. The van der Waals surface area contributed by atoms with E-state index in [2.05, 4.69) is 5.32 Å². The van der Waals surface area contributed by atoms with Gasteiger partial charge in [-0.2, -0.15) is 5.26 Å². The van der Waals surface area contributed by atoms with Crippen LogP contribution >= 0.6 is 0 Å². The smallest absolute Gasteiger partial charge is 0.257 e. The molecule has 1 N–H and O–H groups in total. The molecule has 0 aromatic heterocycles. The lowest BCUT2D eigenvalue weighted by molar-refractivity contribution is -0.123. The van der Waals surface area contributed by atoms with Gasteiger partial charge in [-0.1, -0.05) is 0 Å². The van der Waals surface area contributed by atoms with E-state index in [1.165, 1.54) is 12.1 Å². The number of halogens is 1. The topological polar surface area (TPSA) is 70.0 Å². The van der Waals surface area contributed by atoms with Gasteiger partial charge in [-0.3, -0.25) is 14.9 Å². The van der Waals surface area contributed by atoms with E-state index < -0.39 is 23.0 Å². The third kappa shape index (κ3) is 2.16. The third-order valence-electron chi connectivity index (χ3n) is 2.73. The first-order valence-electron chi connectivity index (χ1n) is 5.10. The van der Waals surface area contributed by atoms with Crippen LogP contribution < -0.4 is 5.32 Å². The van der Waals surface area contributed by atoms with Gasteiger partial charge in [-0.05, 0) is 37.1 Å². The minimum absolute atomic E-state index is 0.188. The molecule has 0 radical (unpaired) electrons. The van der Waals surface area contributed by atoms with E-state index in [-0.39, 0.29) is 5.56 Å². The van der Waals surface area contributed by atoms with Crippen molar-refractivity contribution in [2.24, 2.45) is 5.41 Å². The Bertz CT molecular complexity index is 512. The number of rotatable bonds is 2. The van der Waals surface area contributed by atoms with E-state index in [1.54, 1.807) is 0 Å². The lowest BCUT2D eigenvalue weighted by atomic mass is 10.1. The van der Waals surface area contributed by atoms with Crippen LogP contribution in [0.25, 0.3) is 0 Å². The molecule has 0 spiro atoms. The second-order valence-electron chi connectivity index (χ2n) is 3.98. The number of carbonyl (C=O) groups is 2. The van der Waals surface area contributed by atoms with E-state index in [9.17, 15) is 14.0 Å². The summed E-state index contributed by atoms with van der Waals surface area (Å²) in [5, 5.41) is 10.9. The number of imide groups is 1. The van der Waals surface area contributed by atoms with Gasteiger partial charge in [-0.15, -0.1) is 0 Å². The van der Waals surface area contributed by atoms with Crippen LogP contribution in [-0.4, -0.2) is 11.8 Å². The predicted octanol–water partition coefficient (Wildman–Crippen LogP) is 1.39. The number of amides is 2. The Balaban J connectivity index is 2.05. The summed E-state index contributed by atoms with van der Waals surface area (Å²) in [6.45, 7) is 0. The number of nitriles is 1. The molecule has 1 aliphatic carbocycles. The third-order valence-corrected chi connectivity index (χ3v) is 2.73. The van der Waals surface area contributed by atoms with Crippen LogP contribution in [0.5, 0.6) is 0 Å². The lowest BCUT2D eigenvalue weighted by Crippen LogP contribution is -2.36. The number of hydrogen-bond donors (Lipinski definition) is 1. The van der Waals surface area contributed by atoms with Crippen LogP contribution in [0, 0.1) is 22.6 Å². The molecule has 1 fully saturated rings. The molecule has 2 amide bonds. The van der Waals surface area contributed by atoms with Crippen molar-refractivity contribution in [3.63, 3.8) is 0 Å². The van der Waals surface area contributed by atoms with Gasteiger partial charge in [0.25, 0.3) is 5.91 Å². The zero-order chi connectivity index (χ0) is 12.5. The number of nitrogens with zero attached hydrogens (tertiary/aromatic N) is 1. The van der Waals surface area contributed by atoms with E-state index in [0.29, 0.717) is 12.8 Å². The molecule has 1 aliphatic rings. The lowest BCUT2D eigenvalue weighted by Gasteiger charge is -2.06. The first-order chi connectivity index (χ1) is 8.07. The maximum atomic E-state index is 12.6. The van der Waals surface area contributed by atoms with Crippen LogP contribution in [0.4, 0.5) is 4.39 Å². The number of nitrogens with one attached hydrogen (secondary N) is 1. The molecule has 1 aromatic rings. The minimum Gasteiger partial charge on any atom is -0.291 e. The van der Waals surface area contributed by atoms with Gasteiger partial charge in [0, 0.05) is 5.56 Å². The zero-order valence-electron chi connectivity index (χ0n) is 8.87. The Morgan fingerprint density at radius 3 is 2.35 bits per heavy atom. The van der Waals surface area contributed by atoms with Gasteiger partial charge in [0.2, 0.25) is 5.91 Å². The van der Waals surface area contributed by atoms with E-state index >= 15 is 0 Å². The maximum absolute atomic E-state index is 12.6. The van der Waals surface area contributed by atoms with Crippen LogP contribution in [0.3, 0.4) is 0 Å².